The molecule has 1 amide bonds. The molecule has 188 valence electrons. The molecule has 0 fully saturated rings. The van der Waals surface area contributed by atoms with E-state index in [9.17, 15) is 13.6 Å². The highest BCUT2D eigenvalue weighted by molar-refractivity contribution is 6.03. The van der Waals surface area contributed by atoms with E-state index in [0.29, 0.717) is 48.2 Å². The van der Waals surface area contributed by atoms with Gasteiger partial charge in [0.15, 0.2) is 11.5 Å². The fourth-order valence-corrected chi connectivity index (χ4v) is 3.49. The van der Waals surface area contributed by atoms with E-state index in [1.165, 1.54) is 12.1 Å². The van der Waals surface area contributed by atoms with Gasteiger partial charge >= 0.3 is 6.61 Å². The van der Waals surface area contributed by atoms with Crippen LogP contribution in [0.1, 0.15) is 29.9 Å². The van der Waals surface area contributed by atoms with Gasteiger partial charge < -0.3 is 19.5 Å². The molecule has 0 atom stereocenters. The van der Waals surface area contributed by atoms with Crippen molar-refractivity contribution in [1.29, 1.82) is 0 Å². The third kappa shape index (κ3) is 6.17. The third-order valence-electron chi connectivity index (χ3n) is 5.04. The van der Waals surface area contributed by atoms with Crippen LogP contribution in [-0.2, 0) is 6.54 Å². The summed E-state index contributed by atoms with van der Waals surface area (Å²) in [4.78, 5) is 12.7. The van der Waals surface area contributed by atoms with Crippen LogP contribution in [0.15, 0.2) is 60.9 Å². The molecule has 2 aromatic heterocycles. The third-order valence-corrected chi connectivity index (χ3v) is 5.04. The molecule has 0 radical (unpaired) electrons. The molecule has 0 saturated heterocycles. The first-order valence-electron chi connectivity index (χ1n) is 11.3. The minimum Gasteiger partial charge on any atom is -0.490 e. The summed E-state index contributed by atoms with van der Waals surface area (Å²) in [5, 5.41) is 13.9. The number of aromatic amines is 1. The molecule has 0 aliphatic heterocycles. The lowest BCUT2D eigenvalue weighted by Crippen LogP contribution is -2.11. The van der Waals surface area contributed by atoms with Crippen molar-refractivity contribution in [2.45, 2.75) is 27.0 Å². The highest BCUT2D eigenvalue weighted by Gasteiger charge is 2.14. The van der Waals surface area contributed by atoms with E-state index in [4.69, 9.17) is 9.47 Å². The van der Waals surface area contributed by atoms with Gasteiger partial charge in [0, 0.05) is 11.8 Å². The zero-order valence-electron chi connectivity index (χ0n) is 19.7. The summed E-state index contributed by atoms with van der Waals surface area (Å²) in [6.07, 6.45) is 3.27. The molecular weight excluding hydrogens is 472 g/mol. The highest BCUT2D eigenvalue weighted by atomic mass is 19.3. The van der Waals surface area contributed by atoms with Gasteiger partial charge in [-0.05, 0) is 61.9 Å². The Labute approximate surface area is 206 Å². The average molecular weight is 498 g/mol. The highest BCUT2D eigenvalue weighted by Crippen LogP contribution is 2.29. The Bertz CT molecular complexity index is 1300. The first kappa shape index (κ1) is 24.7. The number of ether oxygens (including phenoxy) is 3. The van der Waals surface area contributed by atoms with Crippen molar-refractivity contribution in [3.8, 4) is 28.5 Å². The zero-order chi connectivity index (χ0) is 25.5. The number of amides is 1. The largest absolute Gasteiger partial charge is 0.490 e. The number of carbonyl (C=O) groups is 1. The number of nitrogens with one attached hydrogen (secondary N) is 2. The molecule has 0 aliphatic carbocycles. The Morgan fingerprint density at radius 3 is 2.53 bits per heavy atom. The van der Waals surface area contributed by atoms with Gasteiger partial charge in [0.1, 0.15) is 11.4 Å². The van der Waals surface area contributed by atoms with Crippen LogP contribution in [0.3, 0.4) is 0 Å². The van der Waals surface area contributed by atoms with E-state index in [1.807, 2.05) is 32.0 Å². The SMILES string of the molecule is CCOc1ccc(Cn2cc(NC(=O)c3cc(-c4ccc(OC(F)F)cc4)n[nH]3)cn2)cc1OCC. The molecule has 36 heavy (non-hydrogen) atoms. The van der Waals surface area contributed by atoms with E-state index in [1.54, 1.807) is 35.3 Å². The van der Waals surface area contributed by atoms with Gasteiger partial charge in [-0.1, -0.05) is 6.07 Å². The number of benzene rings is 2. The number of alkyl halides is 2. The van der Waals surface area contributed by atoms with E-state index in [-0.39, 0.29) is 11.4 Å². The van der Waals surface area contributed by atoms with Crippen LogP contribution in [0.2, 0.25) is 0 Å². The average Bonchev–Trinajstić information content (AvgIpc) is 3.51. The minimum absolute atomic E-state index is 0.0404. The summed E-state index contributed by atoms with van der Waals surface area (Å²) in [6.45, 7) is 2.47. The molecule has 4 rings (SSSR count). The van der Waals surface area contributed by atoms with Gasteiger partial charge in [-0.15, -0.1) is 0 Å². The van der Waals surface area contributed by atoms with Crippen molar-refractivity contribution in [3.63, 3.8) is 0 Å². The first-order chi connectivity index (χ1) is 17.4. The maximum Gasteiger partial charge on any atom is 0.387 e. The van der Waals surface area contributed by atoms with Crippen molar-refractivity contribution in [3.05, 3.63) is 72.2 Å². The number of halogens is 2. The van der Waals surface area contributed by atoms with Crippen molar-refractivity contribution < 1.29 is 27.8 Å². The van der Waals surface area contributed by atoms with Crippen LogP contribution >= 0.6 is 0 Å². The van der Waals surface area contributed by atoms with Crippen LogP contribution in [0.4, 0.5) is 14.5 Å². The Balaban J connectivity index is 1.39. The molecule has 4 aromatic rings. The Hall–Kier alpha value is -4.41. The molecular formula is C25H25F2N5O4. The second-order valence-corrected chi connectivity index (χ2v) is 7.60. The molecule has 11 heteroatoms. The maximum absolute atomic E-state index is 12.7. The van der Waals surface area contributed by atoms with Crippen LogP contribution in [0.25, 0.3) is 11.3 Å². The van der Waals surface area contributed by atoms with Crippen LogP contribution in [0.5, 0.6) is 17.2 Å². The normalized spacial score (nSPS) is 10.9. The number of anilines is 1. The van der Waals surface area contributed by atoms with Gasteiger partial charge in [0.05, 0.1) is 37.3 Å². The van der Waals surface area contributed by atoms with Gasteiger partial charge in [-0.3, -0.25) is 14.6 Å². The Morgan fingerprint density at radius 2 is 1.81 bits per heavy atom. The first-order valence-corrected chi connectivity index (χ1v) is 11.3. The number of carbonyl (C=O) groups excluding carboxylic acids is 1. The molecule has 0 unspecified atom stereocenters. The quantitative estimate of drug-likeness (QED) is 0.303. The summed E-state index contributed by atoms with van der Waals surface area (Å²) < 4.78 is 41.9. The predicted molar refractivity (Wildman–Crippen MR) is 129 cm³/mol. The summed E-state index contributed by atoms with van der Waals surface area (Å²) in [6, 6.07) is 13.3. The fraction of sp³-hybridized carbons (Fsp3) is 0.240. The molecule has 9 nitrogen and oxygen atoms in total. The van der Waals surface area contributed by atoms with Crippen molar-refractivity contribution >= 4 is 11.6 Å². The van der Waals surface area contributed by atoms with E-state index < -0.39 is 12.5 Å². The predicted octanol–water partition coefficient (Wildman–Crippen LogP) is 4.97. The maximum atomic E-state index is 12.7. The van der Waals surface area contributed by atoms with Gasteiger partial charge in [0.2, 0.25) is 0 Å². The fourth-order valence-electron chi connectivity index (χ4n) is 3.49. The molecule has 2 aromatic carbocycles. The molecule has 2 heterocycles. The van der Waals surface area contributed by atoms with Crippen molar-refractivity contribution in [1.82, 2.24) is 20.0 Å². The second-order valence-electron chi connectivity index (χ2n) is 7.60. The summed E-state index contributed by atoms with van der Waals surface area (Å²) in [5.41, 5.74) is 2.84. The summed E-state index contributed by atoms with van der Waals surface area (Å²) >= 11 is 0. The summed E-state index contributed by atoms with van der Waals surface area (Å²) in [7, 11) is 0. The van der Waals surface area contributed by atoms with Gasteiger partial charge in [-0.2, -0.15) is 19.0 Å². The number of hydrogen-bond donors (Lipinski definition) is 2. The minimum atomic E-state index is -2.89. The number of rotatable bonds is 11. The number of H-pyrrole nitrogens is 1. The van der Waals surface area contributed by atoms with Gasteiger partial charge in [0.25, 0.3) is 5.91 Å². The van der Waals surface area contributed by atoms with Crippen molar-refractivity contribution in [2.75, 3.05) is 18.5 Å². The lowest BCUT2D eigenvalue weighted by molar-refractivity contribution is -0.0498. The lowest BCUT2D eigenvalue weighted by Gasteiger charge is -2.12. The number of hydrogen-bond acceptors (Lipinski definition) is 6. The second kappa shape index (κ2) is 11.3. The van der Waals surface area contributed by atoms with Crippen molar-refractivity contribution in [2.24, 2.45) is 0 Å². The Kier molecular flexibility index (Phi) is 7.79. The number of aromatic nitrogens is 4. The van der Waals surface area contributed by atoms with Crippen LogP contribution in [0, 0.1) is 0 Å². The lowest BCUT2D eigenvalue weighted by atomic mass is 10.1. The summed E-state index contributed by atoms with van der Waals surface area (Å²) in [5.74, 6) is 1.00. The monoisotopic (exact) mass is 497 g/mol. The number of nitrogens with zero attached hydrogens (tertiary/aromatic N) is 3. The molecule has 0 aliphatic rings. The molecule has 0 bridgehead atoms. The smallest absolute Gasteiger partial charge is 0.387 e. The van der Waals surface area contributed by atoms with Crippen LogP contribution < -0.4 is 19.5 Å². The molecule has 0 saturated carbocycles. The van der Waals surface area contributed by atoms with E-state index in [2.05, 4.69) is 25.3 Å². The van der Waals surface area contributed by atoms with E-state index >= 15 is 0 Å². The molecule has 2 N–H and O–H groups in total. The zero-order valence-corrected chi connectivity index (χ0v) is 19.7. The van der Waals surface area contributed by atoms with E-state index in [0.717, 1.165) is 5.56 Å². The topological polar surface area (TPSA) is 103 Å². The van der Waals surface area contributed by atoms with Gasteiger partial charge in [-0.25, -0.2) is 0 Å². The molecule has 0 spiro atoms. The van der Waals surface area contributed by atoms with Crippen LogP contribution in [-0.4, -0.2) is 45.7 Å². The Morgan fingerprint density at radius 1 is 1.06 bits per heavy atom. The standard InChI is InChI=1S/C25H25F2N5O4/c1-3-34-22-10-5-16(11-23(22)35-4-2)14-32-15-18(13-28-32)29-24(33)21-12-20(30-31-21)17-6-8-19(9-7-17)36-25(26)27/h5-13,15,25H,3-4,14H2,1-2H3,(H,29,33)(H,30,31).